The summed E-state index contributed by atoms with van der Waals surface area (Å²) in [4.78, 5) is 11.8. The number of aryl methyl sites for hydroxylation is 1. The van der Waals surface area contributed by atoms with Gasteiger partial charge in [-0.1, -0.05) is 16.8 Å². The molecule has 1 N–H and O–H groups in total. The number of carbonyl (C=O) groups excluding carboxylic acids is 1. The number of nitrogens with one attached hydrogen (secondary N) is 1. The second kappa shape index (κ2) is 4.90. The molecule has 1 heterocycles. The molecule has 1 amide bonds. The van der Waals surface area contributed by atoms with Crippen LogP contribution in [0.5, 0.6) is 0 Å². The standard InChI is InChI=1S/C12H8ClN3O2/c1-7-4-11(16-18-7)12(17)15-10-3-2-8(6-14)5-9(10)13/h2-5H,1H3,(H,15,17). The Balaban J connectivity index is 2.20. The molecular weight excluding hydrogens is 254 g/mol. The molecular formula is C12H8ClN3O2. The van der Waals surface area contributed by atoms with Gasteiger partial charge in [-0.25, -0.2) is 0 Å². The van der Waals surface area contributed by atoms with Gasteiger partial charge < -0.3 is 9.84 Å². The molecule has 18 heavy (non-hydrogen) atoms. The van der Waals surface area contributed by atoms with Crippen LogP contribution in [0.2, 0.25) is 5.02 Å². The van der Waals surface area contributed by atoms with Gasteiger partial charge in [0.25, 0.3) is 5.91 Å². The van der Waals surface area contributed by atoms with Crippen molar-refractivity contribution in [3.8, 4) is 6.07 Å². The van der Waals surface area contributed by atoms with Crippen molar-refractivity contribution >= 4 is 23.2 Å². The first-order valence-corrected chi connectivity index (χ1v) is 5.42. The molecule has 0 fully saturated rings. The van der Waals surface area contributed by atoms with Crippen LogP contribution >= 0.6 is 11.6 Å². The minimum Gasteiger partial charge on any atom is -0.361 e. The van der Waals surface area contributed by atoms with Crippen molar-refractivity contribution in [2.45, 2.75) is 6.92 Å². The third-order valence-electron chi connectivity index (χ3n) is 2.21. The number of nitriles is 1. The lowest BCUT2D eigenvalue weighted by molar-refractivity contribution is 0.101. The third-order valence-corrected chi connectivity index (χ3v) is 2.52. The molecule has 0 aliphatic rings. The van der Waals surface area contributed by atoms with Crippen molar-refractivity contribution in [1.82, 2.24) is 5.16 Å². The fraction of sp³-hybridized carbons (Fsp3) is 0.0833. The van der Waals surface area contributed by atoms with Crippen LogP contribution in [-0.4, -0.2) is 11.1 Å². The minimum atomic E-state index is -0.418. The van der Waals surface area contributed by atoms with Crippen LogP contribution in [0, 0.1) is 18.3 Å². The third kappa shape index (κ3) is 2.50. The second-order valence-electron chi connectivity index (χ2n) is 3.58. The number of anilines is 1. The van der Waals surface area contributed by atoms with E-state index in [0.29, 0.717) is 22.0 Å². The quantitative estimate of drug-likeness (QED) is 0.901. The van der Waals surface area contributed by atoms with Crippen molar-refractivity contribution in [3.05, 3.63) is 46.3 Å². The average molecular weight is 262 g/mol. The lowest BCUT2D eigenvalue weighted by atomic mass is 10.2. The summed E-state index contributed by atoms with van der Waals surface area (Å²) in [5.74, 6) is 0.129. The Morgan fingerprint density at radius 1 is 1.50 bits per heavy atom. The van der Waals surface area contributed by atoms with E-state index in [1.54, 1.807) is 19.1 Å². The molecule has 0 bridgehead atoms. The molecule has 5 nitrogen and oxygen atoms in total. The number of aromatic nitrogens is 1. The molecule has 90 valence electrons. The number of halogens is 1. The van der Waals surface area contributed by atoms with Crippen LogP contribution in [0.15, 0.2) is 28.8 Å². The Bertz CT molecular complexity index is 643. The van der Waals surface area contributed by atoms with E-state index in [2.05, 4.69) is 10.5 Å². The lowest BCUT2D eigenvalue weighted by Gasteiger charge is -2.05. The molecule has 0 saturated carbocycles. The predicted molar refractivity (Wildman–Crippen MR) is 65.4 cm³/mol. The monoisotopic (exact) mass is 261 g/mol. The Hall–Kier alpha value is -2.32. The highest BCUT2D eigenvalue weighted by atomic mass is 35.5. The van der Waals surface area contributed by atoms with Gasteiger partial charge in [0.1, 0.15) is 5.76 Å². The summed E-state index contributed by atoms with van der Waals surface area (Å²) in [5, 5.41) is 15.2. The molecule has 0 atom stereocenters. The van der Waals surface area contributed by atoms with Gasteiger partial charge in [-0.3, -0.25) is 4.79 Å². The number of hydrogen-bond acceptors (Lipinski definition) is 4. The van der Waals surface area contributed by atoms with Crippen molar-refractivity contribution in [1.29, 1.82) is 5.26 Å². The lowest BCUT2D eigenvalue weighted by Crippen LogP contribution is -2.12. The Kier molecular flexibility index (Phi) is 3.31. The molecule has 1 aromatic carbocycles. The number of amides is 1. The summed E-state index contributed by atoms with van der Waals surface area (Å²) in [7, 11) is 0. The van der Waals surface area contributed by atoms with E-state index in [4.69, 9.17) is 21.4 Å². The molecule has 1 aromatic heterocycles. The van der Waals surface area contributed by atoms with Gasteiger partial charge in [0, 0.05) is 6.07 Å². The van der Waals surface area contributed by atoms with Crippen LogP contribution in [-0.2, 0) is 0 Å². The Morgan fingerprint density at radius 3 is 2.83 bits per heavy atom. The molecule has 0 aliphatic heterocycles. The zero-order valence-corrected chi connectivity index (χ0v) is 10.2. The number of benzene rings is 1. The molecule has 0 aliphatic carbocycles. The number of nitrogens with zero attached hydrogens (tertiary/aromatic N) is 2. The van der Waals surface area contributed by atoms with E-state index >= 15 is 0 Å². The highest BCUT2D eigenvalue weighted by Gasteiger charge is 2.12. The maximum Gasteiger partial charge on any atom is 0.277 e. The average Bonchev–Trinajstić information content (AvgIpc) is 2.78. The molecule has 0 spiro atoms. The minimum absolute atomic E-state index is 0.174. The van der Waals surface area contributed by atoms with Crippen LogP contribution < -0.4 is 5.32 Å². The largest absolute Gasteiger partial charge is 0.361 e. The number of carbonyl (C=O) groups is 1. The molecule has 0 unspecified atom stereocenters. The summed E-state index contributed by atoms with van der Waals surface area (Å²) in [6.45, 7) is 1.69. The Labute approximate surface area is 108 Å². The molecule has 6 heteroatoms. The fourth-order valence-electron chi connectivity index (χ4n) is 1.35. The number of rotatable bonds is 2. The van der Waals surface area contributed by atoms with E-state index in [0.717, 1.165) is 0 Å². The molecule has 2 rings (SSSR count). The van der Waals surface area contributed by atoms with Gasteiger partial charge in [-0.15, -0.1) is 0 Å². The normalized spacial score (nSPS) is 9.83. The molecule has 2 aromatic rings. The second-order valence-corrected chi connectivity index (χ2v) is 3.99. The van der Waals surface area contributed by atoms with Crippen LogP contribution in [0.25, 0.3) is 0 Å². The van der Waals surface area contributed by atoms with Crippen molar-refractivity contribution in [2.24, 2.45) is 0 Å². The number of hydrogen-bond donors (Lipinski definition) is 1. The highest BCUT2D eigenvalue weighted by molar-refractivity contribution is 6.34. The van der Waals surface area contributed by atoms with E-state index in [9.17, 15) is 4.79 Å². The van der Waals surface area contributed by atoms with Crippen LogP contribution in [0.4, 0.5) is 5.69 Å². The van der Waals surface area contributed by atoms with Gasteiger partial charge in [0.05, 0.1) is 22.3 Å². The first-order valence-electron chi connectivity index (χ1n) is 5.04. The van der Waals surface area contributed by atoms with E-state index in [-0.39, 0.29) is 5.69 Å². The predicted octanol–water partition coefficient (Wildman–Crippen LogP) is 2.76. The molecule has 0 radical (unpaired) electrons. The topological polar surface area (TPSA) is 78.9 Å². The summed E-state index contributed by atoms with van der Waals surface area (Å²) in [6.07, 6.45) is 0. The summed E-state index contributed by atoms with van der Waals surface area (Å²) in [6, 6.07) is 8.08. The first kappa shape index (κ1) is 12.1. The van der Waals surface area contributed by atoms with E-state index < -0.39 is 5.91 Å². The summed E-state index contributed by atoms with van der Waals surface area (Å²) < 4.78 is 4.80. The zero-order chi connectivity index (χ0) is 13.1. The van der Waals surface area contributed by atoms with Gasteiger partial charge in [0.15, 0.2) is 5.69 Å². The van der Waals surface area contributed by atoms with Gasteiger partial charge in [-0.2, -0.15) is 5.26 Å². The smallest absolute Gasteiger partial charge is 0.277 e. The molecule has 0 saturated heterocycles. The zero-order valence-electron chi connectivity index (χ0n) is 9.40. The van der Waals surface area contributed by atoms with E-state index in [1.807, 2.05) is 6.07 Å². The highest BCUT2D eigenvalue weighted by Crippen LogP contribution is 2.23. The van der Waals surface area contributed by atoms with E-state index in [1.165, 1.54) is 12.1 Å². The van der Waals surface area contributed by atoms with Gasteiger partial charge >= 0.3 is 0 Å². The first-order chi connectivity index (χ1) is 8.60. The maximum absolute atomic E-state index is 11.8. The summed E-state index contributed by atoms with van der Waals surface area (Å²) >= 11 is 5.94. The van der Waals surface area contributed by atoms with Crippen LogP contribution in [0.1, 0.15) is 21.8 Å². The van der Waals surface area contributed by atoms with Crippen LogP contribution in [0.3, 0.4) is 0 Å². The van der Waals surface area contributed by atoms with Gasteiger partial charge in [-0.05, 0) is 25.1 Å². The van der Waals surface area contributed by atoms with Crippen molar-refractivity contribution < 1.29 is 9.32 Å². The van der Waals surface area contributed by atoms with Gasteiger partial charge in [0.2, 0.25) is 0 Å². The fourth-order valence-corrected chi connectivity index (χ4v) is 1.57. The van der Waals surface area contributed by atoms with Crippen molar-refractivity contribution in [3.63, 3.8) is 0 Å². The Morgan fingerprint density at radius 2 is 2.28 bits per heavy atom. The SMILES string of the molecule is Cc1cc(C(=O)Nc2ccc(C#N)cc2Cl)no1. The maximum atomic E-state index is 11.8. The summed E-state index contributed by atoms with van der Waals surface area (Å²) in [5.41, 5.74) is 1.02. The van der Waals surface area contributed by atoms with Crippen molar-refractivity contribution in [2.75, 3.05) is 5.32 Å².